The van der Waals surface area contributed by atoms with Crippen LogP contribution in [0.5, 0.6) is 0 Å². The van der Waals surface area contributed by atoms with Crippen molar-refractivity contribution in [2.45, 2.75) is 45.2 Å². The van der Waals surface area contributed by atoms with Crippen LogP contribution in [0.3, 0.4) is 0 Å². The molecule has 2 N–H and O–H groups in total. The highest BCUT2D eigenvalue weighted by Crippen LogP contribution is 2.23. The molecule has 3 amide bonds. The molecule has 216 valence electrons. The fraction of sp³-hybridized carbons (Fsp3) is 0.364. The van der Waals surface area contributed by atoms with Gasteiger partial charge in [-0.3, -0.25) is 14.4 Å². The number of nitrogens with zero attached hydrogens (tertiary/aromatic N) is 2. The first-order chi connectivity index (χ1) is 19.8. The second-order valence-corrected chi connectivity index (χ2v) is 11.0. The number of hydrogen-bond acceptors (Lipinski definition) is 4. The second-order valence-electron chi connectivity index (χ2n) is 10.6. The maximum Gasteiger partial charge on any atom is 0.246 e. The number of amides is 3. The summed E-state index contributed by atoms with van der Waals surface area (Å²) in [5, 5.41) is 6.98. The van der Waals surface area contributed by atoms with Crippen molar-refractivity contribution in [2.24, 2.45) is 0 Å². The predicted octanol–water partition coefficient (Wildman–Crippen LogP) is 4.47. The minimum atomic E-state index is -0.662. The highest BCUT2D eigenvalue weighted by Gasteiger charge is 2.37. The minimum absolute atomic E-state index is 0.101. The zero-order chi connectivity index (χ0) is 29.2. The van der Waals surface area contributed by atoms with E-state index in [0.717, 1.165) is 35.3 Å². The first-order valence-electron chi connectivity index (χ1n) is 14.3. The number of piperazine rings is 1. The van der Waals surface area contributed by atoms with Gasteiger partial charge in [0.25, 0.3) is 0 Å². The van der Waals surface area contributed by atoms with Crippen LogP contribution in [0.25, 0.3) is 11.1 Å². The molecular weight excluding hydrogens is 536 g/mol. The number of carbonyl (C=O) groups is 3. The fourth-order valence-corrected chi connectivity index (χ4v) is 5.06. The predicted molar refractivity (Wildman–Crippen MR) is 164 cm³/mol. The molecule has 1 fully saturated rings. The summed E-state index contributed by atoms with van der Waals surface area (Å²) in [6.07, 6.45) is 3.38. The van der Waals surface area contributed by atoms with Crippen molar-refractivity contribution in [1.82, 2.24) is 20.4 Å². The topological polar surface area (TPSA) is 81.8 Å². The molecule has 0 aliphatic carbocycles. The minimum Gasteiger partial charge on any atom is -0.354 e. The Kier molecular flexibility index (Phi) is 10.9. The molecule has 0 spiro atoms. The van der Waals surface area contributed by atoms with Gasteiger partial charge in [0.2, 0.25) is 17.7 Å². The zero-order valence-electron chi connectivity index (χ0n) is 23.9. The Labute approximate surface area is 247 Å². The number of benzene rings is 3. The lowest BCUT2D eigenvalue weighted by atomic mass is 9.97. The van der Waals surface area contributed by atoms with Crippen LogP contribution in [0.2, 0.25) is 5.02 Å². The van der Waals surface area contributed by atoms with E-state index in [1.165, 1.54) is 28.2 Å². The van der Waals surface area contributed by atoms with Crippen LogP contribution in [0.1, 0.15) is 36.5 Å². The largest absolute Gasteiger partial charge is 0.354 e. The number of hydrogen-bond donors (Lipinski definition) is 2. The van der Waals surface area contributed by atoms with Crippen LogP contribution < -0.4 is 10.6 Å². The molecule has 1 aliphatic rings. The molecule has 0 bridgehead atoms. The van der Waals surface area contributed by atoms with Crippen molar-refractivity contribution in [2.75, 3.05) is 33.2 Å². The summed E-state index contributed by atoms with van der Waals surface area (Å²) >= 11 is 5.93. The molecule has 1 atom stereocenters. The van der Waals surface area contributed by atoms with Gasteiger partial charge in [-0.25, -0.2) is 0 Å². The molecule has 8 heteroatoms. The fourth-order valence-electron chi connectivity index (χ4n) is 4.94. The highest BCUT2D eigenvalue weighted by molar-refractivity contribution is 6.30. The number of rotatable bonds is 13. The van der Waals surface area contributed by atoms with E-state index >= 15 is 0 Å². The molecule has 1 saturated heterocycles. The molecule has 0 unspecified atom stereocenters. The average Bonchev–Trinajstić information content (AvgIpc) is 2.98. The lowest BCUT2D eigenvalue weighted by Gasteiger charge is -2.38. The van der Waals surface area contributed by atoms with Gasteiger partial charge in [-0.15, -0.1) is 0 Å². The molecule has 1 aliphatic heterocycles. The van der Waals surface area contributed by atoms with Crippen molar-refractivity contribution in [1.29, 1.82) is 0 Å². The average molecular weight is 575 g/mol. The quantitative estimate of drug-likeness (QED) is 0.295. The molecule has 7 nitrogen and oxygen atoms in total. The highest BCUT2D eigenvalue weighted by atomic mass is 35.5. The Morgan fingerprint density at radius 2 is 1.66 bits per heavy atom. The van der Waals surface area contributed by atoms with E-state index in [1.54, 1.807) is 7.05 Å². The summed E-state index contributed by atoms with van der Waals surface area (Å²) in [6, 6.07) is 23.4. The van der Waals surface area contributed by atoms with Gasteiger partial charge >= 0.3 is 0 Å². The van der Waals surface area contributed by atoms with Gasteiger partial charge in [-0.1, -0.05) is 85.6 Å². The van der Waals surface area contributed by atoms with Crippen LogP contribution >= 0.6 is 11.6 Å². The summed E-state index contributed by atoms with van der Waals surface area (Å²) in [5.41, 5.74) is 5.41. The number of carbonyl (C=O) groups excluding carboxylic acids is 3. The third-order valence-corrected chi connectivity index (χ3v) is 7.70. The van der Waals surface area contributed by atoms with Gasteiger partial charge in [-0.2, -0.15) is 0 Å². The van der Waals surface area contributed by atoms with Crippen LogP contribution in [0.4, 0.5) is 0 Å². The third-order valence-electron chi connectivity index (χ3n) is 7.45. The Morgan fingerprint density at radius 3 is 2.39 bits per heavy atom. The molecular formula is C33H39ClN4O3. The van der Waals surface area contributed by atoms with Gasteiger partial charge in [0, 0.05) is 31.6 Å². The summed E-state index contributed by atoms with van der Waals surface area (Å²) in [5.74, 6) is -0.678. The van der Waals surface area contributed by atoms with E-state index in [1.807, 2.05) is 36.4 Å². The van der Waals surface area contributed by atoms with Crippen LogP contribution in [-0.4, -0.2) is 66.8 Å². The summed E-state index contributed by atoms with van der Waals surface area (Å²) in [6.45, 7) is 4.24. The van der Waals surface area contributed by atoms with E-state index < -0.39 is 6.04 Å². The van der Waals surface area contributed by atoms with Crippen molar-refractivity contribution < 1.29 is 14.4 Å². The first-order valence-corrected chi connectivity index (χ1v) is 14.7. The molecule has 41 heavy (non-hydrogen) atoms. The Morgan fingerprint density at radius 1 is 0.927 bits per heavy atom. The van der Waals surface area contributed by atoms with E-state index in [0.29, 0.717) is 24.4 Å². The SMILES string of the molecule is CCCCNCc1ccc(-c2cccc(C[C@H]3C(=O)N(CC(=O)NCCc4ccc(Cl)cc4)CC(=O)N3C)c2)cc1. The number of halogens is 1. The first kappa shape index (κ1) is 30.3. The van der Waals surface area contributed by atoms with E-state index in [4.69, 9.17) is 11.6 Å². The summed E-state index contributed by atoms with van der Waals surface area (Å²) < 4.78 is 0. The van der Waals surface area contributed by atoms with Crippen LogP contribution in [0.15, 0.2) is 72.8 Å². The van der Waals surface area contributed by atoms with Crippen LogP contribution in [0, 0.1) is 0 Å². The van der Waals surface area contributed by atoms with Gasteiger partial charge < -0.3 is 20.4 Å². The van der Waals surface area contributed by atoms with Crippen molar-refractivity contribution in [3.63, 3.8) is 0 Å². The maximum absolute atomic E-state index is 13.4. The lowest BCUT2D eigenvalue weighted by molar-refractivity contribution is -0.155. The van der Waals surface area contributed by atoms with E-state index in [2.05, 4.69) is 54.0 Å². The Hall–Kier alpha value is -3.68. The molecule has 0 saturated carbocycles. The van der Waals surface area contributed by atoms with E-state index in [9.17, 15) is 14.4 Å². The van der Waals surface area contributed by atoms with Gasteiger partial charge in [0.1, 0.15) is 19.1 Å². The van der Waals surface area contributed by atoms with Crippen molar-refractivity contribution in [3.8, 4) is 11.1 Å². The second kappa shape index (κ2) is 14.8. The van der Waals surface area contributed by atoms with Gasteiger partial charge in [0.05, 0.1) is 0 Å². The summed E-state index contributed by atoms with van der Waals surface area (Å²) in [7, 11) is 1.66. The number of likely N-dealkylation sites (N-methyl/N-ethyl adjacent to an activating group) is 1. The van der Waals surface area contributed by atoms with E-state index in [-0.39, 0.29) is 30.8 Å². The zero-order valence-corrected chi connectivity index (χ0v) is 24.6. The standard InChI is InChI=1S/C33H39ClN4O3/c1-3-4-17-35-21-25-8-12-27(13-9-25)28-7-5-6-26(19-28)20-30-33(41)38(23-32(40)37(30)2)22-31(39)36-18-16-24-10-14-29(34)15-11-24/h5-15,19,30,35H,3-4,16-18,20-23H2,1-2H3,(H,36,39)/t30-/m0/s1. The van der Waals surface area contributed by atoms with Crippen molar-refractivity contribution >= 4 is 29.3 Å². The smallest absolute Gasteiger partial charge is 0.246 e. The van der Waals surface area contributed by atoms with Gasteiger partial charge in [0.15, 0.2) is 0 Å². The molecule has 0 radical (unpaired) electrons. The molecule has 1 heterocycles. The molecule has 3 aromatic rings. The number of nitrogens with one attached hydrogen (secondary N) is 2. The maximum atomic E-state index is 13.4. The normalized spacial score (nSPS) is 15.3. The Bertz CT molecular complexity index is 1330. The molecule has 3 aromatic carbocycles. The third kappa shape index (κ3) is 8.65. The van der Waals surface area contributed by atoms with Crippen LogP contribution in [-0.2, 0) is 33.8 Å². The summed E-state index contributed by atoms with van der Waals surface area (Å²) in [4.78, 5) is 41.7. The van der Waals surface area contributed by atoms with Gasteiger partial charge in [-0.05, 0) is 59.3 Å². The Balaban J connectivity index is 1.34. The number of unbranched alkanes of at least 4 members (excludes halogenated alkanes) is 1. The van der Waals surface area contributed by atoms with Crippen molar-refractivity contribution in [3.05, 3.63) is 94.5 Å². The lowest BCUT2D eigenvalue weighted by Crippen LogP contribution is -2.60. The molecule has 4 rings (SSSR count). The molecule has 0 aromatic heterocycles. The monoisotopic (exact) mass is 574 g/mol.